The van der Waals surface area contributed by atoms with E-state index in [4.69, 9.17) is 0 Å². The predicted molar refractivity (Wildman–Crippen MR) is 102 cm³/mol. The van der Waals surface area contributed by atoms with Gasteiger partial charge in [-0.15, -0.1) is 5.10 Å². The van der Waals surface area contributed by atoms with E-state index >= 15 is 0 Å². The lowest BCUT2D eigenvalue weighted by Crippen LogP contribution is -2.38. The largest absolute Gasteiger partial charge is 0.332 e. The number of fused-ring (bicyclic) bond motifs is 1. The topological polar surface area (TPSA) is 66.6 Å². The third-order valence-corrected chi connectivity index (χ3v) is 5.07. The standard InChI is InChI=1S/C20H24N6O/c1-24(2)14-15-6-8-16(9-7-15)18-5-3-4-11-25(18)20(27)17-10-12-26-19(13-17)21-22-23-26/h6-10,12-13,18H,3-5,11,14H2,1-2H3/t18-/m0/s1. The van der Waals surface area contributed by atoms with E-state index in [0.29, 0.717) is 11.2 Å². The fraction of sp³-hybridized carbons (Fsp3) is 0.400. The fourth-order valence-electron chi connectivity index (χ4n) is 3.77. The zero-order valence-electron chi connectivity index (χ0n) is 15.7. The summed E-state index contributed by atoms with van der Waals surface area (Å²) in [5.74, 6) is 0.0440. The van der Waals surface area contributed by atoms with Crippen molar-refractivity contribution >= 4 is 11.6 Å². The van der Waals surface area contributed by atoms with E-state index in [9.17, 15) is 4.79 Å². The third-order valence-electron chi connectivity index (χ3n) is 5.07. The fourth-order valence-corrected chi connectivity index (χ4v) is 3.77. The molecule has 0 radical (unpaired) electrons. The summed E-state index contributed by atoms with van der Waals surface area (Å²) in [6.07, 6.45) is 4.90. The first-order valence-corrected chi connectivity index (χ1v) is 9.34. The zero-order valence-corrected chi connectivity index (χ0v) is 15.7. The van der Waals surface area contributed by atoms with Gasteiger partial charge in [0.25, 0.3) is 5.91 Å². The normalized spacial score (nSPS) is 17.6. The Labute approximate surface area is 158 Å². The van der Waals surface area contributed by atoms with Gasteiger partial charge in [-0.05, 0) is 67.0 Å². The number of pyridine rings is 1. The van der Waals surface area contributed by atoms with Gasteiger partial charge in [0, 0.05) is 24.8 Å². The van der Waals surface area contributed by atoms with Gasteiger partial charge in [-0.1, -0.05) is 24.3 Å². The van der Waals surface area contributed by atoms with E-state index in [1.165, 1.54) is 11.1 Å². The number of carbonyl (C=O) groups excluding carboxylic acids is 1. The molecule has 1 atom stereocenters. The summed E-state index contributed by atoms with van der Waals surface area (Å²) in [5.41, 5.74) is 3.70. The van der Waals surface area contributed by atoms with Crippen LogP contribution in [0.3, 0.4) is 0 Å². The van der Waals surface area contributed by atoms with E-state index in [1.807, 2.05) is 4.90 Å². The van der Waals surface area contributed by atoms with Gasteiger partial charge in [0.15, 0.2) is 5.65 Å². The van der Waals surface area contributed by atoms with Gasteiger partial charge in [0.05, 0.1) is 6.04 Å². The summed E-state index contributed by atoms with van der Waals surface area (Å²) in [6, 6.07) is 12.3. The van der Waals surface area contributed by atoms with E-state index in [-0.39, 0.29) is 11.9 Å². The average Bonchev–Trinajstić information content (AvgIpc) is 3.15. The van der Waals surface area contributed by atoms with Crippen molar-refractivity contribution in [1.29, 1.82) is 0 Å². The van der Waals surface area contributed by atoms with E-state index in [0.717, 1.165) is 32.4 Å². The molecule has 3 heterocycles. The van der Waals surface area contributed by atoms with Gasteiger partial charge in [0.1, 0.15) is 0 Å². The Morgan fingerprint density at radius 2 is 2.00 bits per heavy atom. The molecule has 3 aromatic rings. The number of benzene rings is 1. The molecule has 7 nitrogen and oxygen atoms in total. The number of hydrogen-bond donors (Lipinski definition) is 0. The molecule has 0 N–H and O–H groups in total. The molecule has 0 unspecified atom stereocenters. The van der Waals surface area contributed by atoms with Gasteiger partial charge in [-0.3, -0.25) is 4.79 Å². The summed E-state index contributed by atoms with van der Waals surface area (Å²) in [4.78, 5) is 17.4. The number of likely N-dealkylation sites (tertiary alicyclic amines) is 1. The van der Waals surface area contributed by atoms with Crippen molar-refractivity contribution in [2.24, 2.45) is 0 Å². The van der Waals surface area contributed by atoms with Gasteiger partial charge in [-0.25, -0.2) is 4.52 Å². The first-order valence-electron chi connectivity index (χ1n) is 9.34. The number of carbonyl (C=O) groups is 1. The van der Waals surface area contributed by atoms with Crippen LogP contribution in [-0.4, -0.2) is 56.4 Å². The molecular formula is C20H24N6O. The van der Waals surface area contributed by atoms with Gasteiger partial charge in [0.2, 0.25) is 0 Å². The lowest BCUT2D eigenvalue weighted by Gasteiger charge is -2.36. The smallest absolute Gasteiger partial charge is 0.254 e. The monoisotopic (exact) mass is 364 g/mol. The lowest BCUT2D eigenvalue weighted by atomic mass is 9.94. The number of aromatic nitrogens is 4. The summed E-state index contributed by atoms with van der Waals surface area (Å²) in [5, 5.41) is 11.4. The number of tetrazole rings is 1. The van der Waals surface area contributed by atoms with Crippen LogP contribution in [0.2, 0.25) is 0 Å². The Kier molecular flexibility index (Phi) is 4.85. The number of nitrogens with zero attached hydrogens (tertiary/aromatic N) is 6. The molecule has 140 valence electrons. The van der Waals surface area contributed by atoms with Crippen LogP contribution in [0.5, 0.6) is 0 Å². The molecule has 1 saturated heterocycles. The molecule has 1 aliphatic rings. The molecule has 0 saturated carbocycles. The number of hydrogen-bond acceptors (Lipinski definition) is 5. The van der Waals surface area contributed by atoms with Crippen molar-refractivity contribution in [2.45, 2.75) is 31.8 Å². The lowest BCUT2D eigenvalue weighted by molar-refractivity contribution is 0.0611. The van der Waals surface area contributed by atoms with Crippen LogP contribution in [0.15, 0.2) is 42.6 Å². The summed E-state index contributed by atoms with van der Waals surface area (Å²) >= 11 is 0. The molecule has 1 aliphatic heterocycles. The SMILES string of the molecule is CN(C)Cc1ccc([C@@H]2CCCCN2C(=O)c2ccn3nnnc3c2)cc1. The Morgan fingerprint density at radius 3 is 2.78 bits per heavy atom. The van der Waals surface area contributed by atoms with Gasteiger partial charge < -0.3 is 9.80 Å². The Balaban J connectivity index is 1.58. The zero-order chi connectivity index (χ0) is 18.8. The molecule has 1 aromatic carbocycles. The van der Waals surface area contributed by atoms with E-state index in [2.05, 4.69) is 58.8 Å². The van der Waals surface area contributed by atoms with Gasteiger partial charge >= 0.3 is 0 Å². The van der Waals surface area contributed by atoms with Crippen molar-refractivity contribution in [3.05, 3.63) is 59.3 Å². The summed E-state index contributed by atoms with van der Waals surface area (Å²) in [7, 11) is 4.13. The quantitative estimate of drug-likeness (QED) is 0.712. The van der Waals surface area contributed by atoms with Crippen LogP contribution >= 0.6 is 0 Å². The maximum atomic E-state index is 13.2. The molecule has 27 heavy (non-hydrogen) atoms. The minimum atomic E-state index is 0.0440. The van der Waals surface area contributed by atoms with Crippen molar-refractivity contribution in [3.8, 4) is 0 Å². The molecule has 1 fully saturated rings. The van der Waals surface area contributed by atoms with Crippen LogP contribution in [0.4, 0.5) is 0 Å². The second-order valence-electron chi connectivity index (χ2n) is 7.39. The predicted octanol–water partition coefficient (Wildman–Crippen LogP) is 2.55. The van der Waals surface area contributed by atoms with Gasteiger partial charge in [-0.2, -0.15) is 0 Å². The van der Waals surface area contributed by atoms with Crippen LogP contribution in [0.25, 0.3) is 5.65 Å². The van der Waals surface area contributed by atoms with Crippen LogP contribution < -0.4 is 0 Å². The van der Waals surface area contributed by atoms with Crippen molar-refractivity contribution < 1.29 is 4.79 Å². The second kappa shape index (κ2) is 7.44. The second-order valence-corrected chi connectivity index (χ2v) is 7.39. The van der Waals surface area contributed by atoms with Crippen LogP contribution in [0, 0.1) is 0 Å². The van der Waals surface area contributed by atoms with E-state index < -0.39 is 0 Å². The first kappa shape index (κ1) is 17.6. The molecule has 0 aliphatic carbocycles. The molecule has 0 spiro atoms. The van der Waals surface area contributed by atoms with E-state index in [1.54, 1.807) is 22.8 Å². The molecule has 0 bridgehead atoms. The number of piperidine rings is 1. The maximum absolute atomic E-state index is 13.2. The highest BCUT2D eigenvalue weighted by molar-refractivity contribution is 5.95. The minimum absolute atomic E-state index is 0.0440. The Morgan fingerprint density at radius 1 is 1.19 bits per heavy atom. The molecule has 4 rings (SSSR count). The van der Waals surface area contributed by atoms with Crippen molar-refractivity contribution in [3.63, 3.8) is 0 Å². The number of amides is 1. The third kappa shape index (κ3) is 3.68. The summed E-state index contributed by atoms with van der Waals surface area (Å²) < 4.78 is 1.56. The average molecular weight is 364 g/mol. The Bertz CT molecular complexity index is 933. The molecule has 2 aromatic heterocycles. The summed E-state index contributed by atoms with van der Waals surface area (Å²) in [6.45, 7) is 1.69. The highest BCUT2D eigenvalue weighted by Gasteiger charge is 2.29. The van der Waals surface area contributed by atoms with Crippen molar-refractivity contribution in [2.75, 3.05) is 20.6 Å². The molecular weight excluding hydrogens is 340 g/mol. The van der Waals surface area contributed by atoms with Crippen LogP contribution in [0.1, 0.15) is 46.8 Å². The molecule has 1 amide bonds. The molecule has 7 heteroatoms. The van der Waals surface area contributed by atoms with Crippen molar-refractivity contribution in [1.82, 2.24) is 29.8 Å². The first-order chi connectivity index (χ1) is 13.1. The highest BCUT2D eigenvalue weighted by atomic mass is 16.2. The minimum Gasteiger partial charge on any atom is -0.332 e. The highest BCUT2D eigenvalue weighted by Crippen LogP contribution is 2.32. The Hall–Kier alpha value is -2.80. The van der Waals surface area contributed by atoms with Crippen LogP contribution in [-0.2, 0) is 6.54 Å². The number of rotatable bonds is 4. The maximum Gasteiger partial charge on any atom is 0.254 e.